The van der Waals surface area contributed by atoms with Crippen molar-refractivity contribution in [3.05, 3.63) is 0 Å². The van der Waals surface area contributed by atoms with Crippen LogP contribution in [-0.4, -0.2) is 46.9 Å². The predicted octanol–water partition coefficient (Wildman–Crippen LogP) is 2.32. The molecule has 2 N–H and O–H groups in total. The lowest BCUT2D eigenvalue weighted by Crippen LogP contribution is -2.32. The Kier molecular flexibility index (Phi) is 6.61. The van der Waals surface area contributed by atoms with Crippen molar-refractivity contribution in [1.29, 1.82) is 0 Å². The molecule has 1 rings (SSSR count). The zero-order chi connectivity index (χ0) is 15.9. The molecule has 7 nitrogen and oxygen atoms in total. The first-order chi connectivity index (χ1) is 9.86. The van der Waals surface area contributed by atoms with E-state index in [2.05, 4.69) is 32.5 Å². The van der Waals surface area contributed by atoms with Crippen LogP contribution in [0.5, 0.6) is 6.01 Å². The molecule has 0 aromatic carbocycles. The Balaban J connectivity index is 2.84. The van der Waals surface area contributed by atoms with Crippen LogP contribution in [0.2, 0.25) is 0 Å². The van der Waals surface area contributed by atoms with Crippen LogP contribution < -0.4 is 15.4 Å². The van der Waals surface area contributed by atoms with Gasteiger partial charge in [0.15, 0.2) is 0 Å². The molecule has 1 heterocycles. The highest BCUT2D eigenvalue weighted by Crippen LogP contribution is 2.14. The van der Waals surface area contributed by atoms with Crippen molar-refractivity contribution in [1.82, 2.24) is 15.0 Å². The highest BCUT2D eigenvalue weighted by Gasteiger charge is 2.17. The molecule has 1 aromatic heterocycles. The Morgan fingerprint density at radius 1 is 1.10 bits per heavy atom. The van der Waals surface area contributed by atoms with Gasteiger partial charge in [-0.15, -0.1) is 0 Å². The van der Waals surface area contributed by atoms with Gasteiger partial charge in [-0.05, 0) is 34.1 Å². The maximum atomic E-state index is 5.56. The largest absolute Gasteiger partial charge is 0.461 e. The number of hydrogen-bond donors (Lipinski definition) is 2. The smallest absolute Gasteiger partial charge is 0.323 e. The number of rotatable bonds is 9. The van der Waals surface area contributed by atoms with E-state index < -0.39 is 0 Å². The van der Waals surface area contributed by atoms with Gasteiger partial charge >= 0.3 is 6.01 Å². The van der Waals surface area contributed by atoms with Crippen molar-refractivity contribution < 1.29 is 9.47 Å². The van der Waals surface area contributed by atoms with E-state index in [4.69, 9.17) is 9.47 Å². The standard InChI is InChI=1S/C14H27N5O2/c1-7-8-15-11-17-12(16-9-14(4,5)20-6)19-13(18-11)21-10(2)3/h10H,7-9H2,1-6H3,(H2,15,16,17,18,19). The molecule has 0 aliphatic rings. The maximum Gasteiger partial charge on any atom is 0.323 e. The minimum Gasteiger partial charge on any atom is -0.461 e. The molecule has 7 heteroatoms. The van der Waals surface area contributed by atoms with Gasteiger partial charge in [0, 0.05) is 20.2 Å². The summed E-state index contributed by atoms with van der Waals surface area (Å²) >= 11 is 0. The van der Waals surface area contributed by atoms with Crippen LogP contribution in [0.25, 0.3) is 0 Å². The van der Waals surface area contributed by atoms with E-state index in [1.807, 2.05) is 27.7 Å². The third-order valence-electron chi connectivity index (χ3n) is 2.71. The summed E-state index contributed by atoms with van der Waals surface area (Å²) in [5, 5.41) is 6.31. The zero-order valence-electron chi connectivity index (χ0n) is 13.9. The minimum absolute atomic E-state index is 0.00897. The number of hydrogen-bond acceptors (Lipinski definition) is 7. The number of methoxy groups -OCH3 is 1. The summed E-state index contributed by atoms with van der Waals surface area (Å²) in [6.45, 7) is 11.3. The molecule has 0 atom stereocenters. The summed E-state index contributed by atoms with van der Waals surface area (Å²) in [6, 6.07) is 0.316. The molecule has 120 valence electrons. The van der Waals surface area contributed by atoms with Crippen molar-refractivity contribution in [3.8, 4) is 6.01 Å². The fourth-order valence-electron chi connectivity index (χ4n) is 1.38. The summed E-state index contributed by atoms with van der Waals surface area (Å²) in [4.78, 5) is 12.9. The topological polar surface area (TPSA) is 81.2 Å². The summed E-state index contributed by atoms with van der Waals surface area (Å²) in [7, 11) is 1.68. The summed E-state index contributed by atoms with van der Waals surface area (Å²) < 4.78 is 10.9. The molecule has 0 saturated carbocycles. The van der Waals surface area contributed by atoms with Crippen molar-refractivity contribution in [2.45, 2.75) is 52.7 Å². The number of ether oxygens (including phenoxy) is 2. The quantitative estimate of drug-likeness (QED) is 0.724. The average Bonchev–Trinajstić information content (AvgIpc) is 2.42. The lowest BCUT2D eigenvalue weighted by atomic mass is 10.1. The van der Waals surface area contributed by atoms with Gasteiger partial charge in [-0.25, -0.2) is 0 Å². The Morgan fingerprint density at radius 3 is 2.24 bits per heavy atom. The van der Waals surface area contributed by atoms with Gasteiger partial charge in [-0.3, -0.25) is 0 Å². The molecule has 21 heavy (non-hydrogen) atoms. The molecular weight excluding hydrogens is 270 g/mol. The van der Waals surface area contributed by atoms with Crippen LogP contribution in [0.3, 0.4) is 0 Å². The number of nitrogens with zero attached hydrogens (tertiary/aromatic N) is 3. The molecule has 0 aliphatic heterocycles. The molecule has 0 bridgehead atoms. The molecule has 0 fully saturated rings. The number of nitrogens with one attached hydrogen (secondary N) is 2. The van der Waals surface area contributed by atoms with Gasteiger partial charge in [0.1, 0.15) is 0 Å². The summed E-state index contributed by atoms with van der Waals surface area (Å²) in [5.74, 6) is 0.990. The molecule has 0 amide bonds. The summed E-state index contributed by atoms with van der Waals surface area (Å²) in [5.41, 5.74) is -0.303. The van der Waals surface area contributed by atoms with Crippen LogP contribution in [0.1, 0.15) is 41.0 Å². The van der Waals surface area contributed by atoms with Crippen molar-refractivity contribution in [2.75, 3.05) is 30.8 Å². The fourth-order valence-corrected chi connectivity index (χ4v) is 1.38. The Hall–Kier alpha value is -1.63. The third-order valence-corrected chi connectivity index (χ3v) is 2.71. The zero-order valence-corrected chi connectivity index (χ0v) is 13.9. The second-order valence-corrected chi connectivity index (χ2v) is 5.68. The molecule has 0 saturated heterocycles. The van der Waals surface area contributed by atoms with Crippen molar-refractivity contribution >= 4 is 11.9 Å². The van der Waals surface area contributed by atoms with E-state index in [1.165, 1.54) is 0 Å². The van der Waals surface area contributed by atoms with Crippen molar-refractivity contribution in [3.63, 3.8) is 0 Å². The van der Waals surface area contributed by atoms with E-state index in [-0.39, 0.29) is 11.7 Å². The Bertz CT molecular complexity index is 437. The Morgan fingerprint density at radius 2 is 1.71 bits per heavy atom. The van der Waals surface area contributed by atoms with Crippen LogP contribution >= 0.6 is 0 Å². The first-order valence-corrected chi connectivity index (χ1v) is 7.32. The molecular formula is C14H27N5O2. The lowest BCUT2D eigenvalue weighted by molar-refractivity contribution is 0.0342. The van der Waals surface area contributed by atoms with Gasteiger partial charge in [0.25, 0.3) is 0 Å². The van der Waals surface area contributed by atoms with E-state index in [0.717, 1.165) is 13.0 Å². The van der Waals surface area contributed by atoms with E-state index in [9.17, 15) is 0 Å². The number of anilines is 2. The van der Waals surface area contributed by atoms with Gasteiger partial charge < -0.3 is 20.1 Å². The van der Waals surface area contributed by atoms with E-state index in [0.29, 0.717) is 24.5 Å². The van der Waals surface area contributed by atoms with E-state index >= 15 is 0 Å². The van der Waals surface area contributed by atoms with Crippen LogP contribution in [-0.2, 0) is 4.74 Å². The van der Waals surface area contributed by atoms with Gasteiger partial charge in [0.2, 0.25) is 11.9 Å². The molecule has 0 radical (unpaired) electrons. The second-order valence-electron chi connectivity index (χ2n) is 5.68. The Labute approximate surface area is 126 Å². The van der Waals surface area contributed by atoms with Gasteiger partial charge in [0.05, 0.1) is 11.7 Å². The first-order valence-electron chi connectivity index (χ1n) is 7.32. The molecule has 0 spiro atoms. The minimum atomic E-state index is -0.303. The predicted molar refractivity (Wildman–Crippen MR) is 83.9 cm³/mol. The van der Waals surface area contributed by atoms with Crippen molar-refractivity contribution in [2.24, 2.45) is 0 Å². The van der Waals surface area contributed by atoms with E-state index in [1.54, 1.807) is 7.11 Å². The molecule has 0 unspecified atom stereocenters. The second kappa shape index (κ2) is 7.97. The van der Waals surface area contributed by atoms with Crippen LogP contribution in [0.4, 0.5) is 11.9 Å². The monoisotopic (exact) mass is 297 g/mol. The van der Waals surface area contributed by atoms with Gasteiger partial charge in [-0.1, -0.05) is 6.92 Å². The maximum absolute atomic E-state index is 5.56. The fraction of sp³-hybridized carbons (Fsp3) is 0.786. The lowest BCUT2D eigenvalue weighted by Gasteiger charge is -2.23. The normalized spacial score (nSPS) is 11.6. The third kappa shape index (κ3) is 6.57. The highest BCUT2D eigenvalue weighted by atomic mass is 16.5. The first kappa shape index (κ1) is 17.4. The summed E-state index contributed by atoms with van der Waals surface area (Å²) in [6.07, 6.45) is 1.00. The molecule has 0 aliphatic carbocycles. The molecule has 1 aromatic rings. The number of aromatic nitrogens is 3. The van der Waals surface area contributed by atoms with Gasteiger partial charge in [-0.2, -0.15) is 15.0 Å². The van der Waals surface area contributed by atoms with Crippen LogP contribution in [0, 0.1) is 0 Å². The highest BCUT2D eigenvalue weighted by molar-refractivity contribution is 5.36. The average molecular weight is 297 g/mol. The SMILES string of the molecule is CCCNc1nc(NCC(C)(C)OC)nc(OC(C)C)n1. The van der Waals surface area contributed by atoms with Crippen LogP contribution in [0.15, 0.2) is 0 Å².